The number of pyridine rings is 1. The van der Waals surface area contributed by atoms with E-state index in [1.54, 1.807) is 16.7 Å². The number of nitrogens with zero attached hydrogens (tertiary/aromatic N) is 1. The highest BCUT2D eigenvalue weighted by Crippen LogP contribution is 2.35. The van der Waals surface area contributed by atoms with Crippen molar-refractivity contribution in [2.45, 2.75) is 32.9 Å². The van der Waals surface area contributed by atoms with Crippen LogP contribution < -0.4 is 25.5 Å². The molecular weight excluding hydrogens is 366 g/mol. The minimum Gasteiger partial charge on any atom is -0.454 e. The van der Waals surface area contributed by atoms with Crippen molar-refractivity contribution >= 4 is 22.7 Å². The molecule has 0 bridgehead atoms. The number of carbonyl (C=O) groups excluding carboxylic acids is 2. The summed E-state index contributed by atoms with van der Waals surface area (Å²) in [6.45, 7) is 4.32. The largest absolute Gasteiger partial charge is 0.454 e. The predicted octanol–water partition coefficient (Wildman–Crippen LogP) is 0.367. The van der Waals surface area contributed by atoms with Gasteiger partial charge in [0.05, 0.1) is 10.9 Å². The number of amides is 2. The Morgan fingerprint density at radius 2 is 2.00 bits per heavy atom. The van der Waals surface area contributed by atoms with Gasteiger partial charge in [-0.05, 0) is 26.3 Å². The highest BCUT2D eigenvalue weighted by molar-refractivity contribution is 6.00. The first kappa shape index (κ1) is 19.7. The van der Waals surface area contributed by atoms with E-state index in [0.29, 0.717) is 41.9 Å². The molecule has 0 aliphatic carbocycles. The zero-order valence-electron chi connectivity index (χ0n) is 15.8. The summed E-state index contributed by atoms with van der Waals surface area (Å²) in [5, 5.41) is 14.3. The van der Waals surface area contributed by atoms with Gasteiger partial charge in [-0.25, -0.2) is 0 Å². The molecule has 3 N–H and O–H groups in total. The topological polar surface area (TPSA) is 119 Å². The van der Waals surface area contributed by atoms with Crippen molar-refractivity contribution in [3.05, 3.63) is 34.1 Å². The lowest BCUT2D eigenvalue weighted by Crippen LogP contribution is -2.46. The molecule has 0 saturated heterocycles. The number of ether oxygens (including phenoxy) is 2. The van der Waals surface area contributed by atoms with Crippen molar-refractivity contribution in [1.82, 2.24) is 15.2 Å². The molecule has 2 amide bonds. The summed E-state index contributed by atoms with van der Waals surface area (Å²) in [4.78, 5) is 37.6. The zero-order valence-corrected chi connectivity index (χ0v) is 15.8. The van der Waals surface area contributed by atoms with Crippen molar-refractivity contribution in [3.8, 4) is 11.5 Å². The highest BCUT2D eigenvalue weighted by atomic mass is 16.7. The van der Waals surface area contributed by atoms with Gasteiger partial charge in [-0.2, -0.15) is 0 Å². The van der Waals surface area contributed by atoms with E-state index in [2.05, 4.69) is 10.6 Å². The number of fused-ring (bicyclic) bond motifs is 2. The van der Waals surface area contributed by atoms with Gasteiger partial charge in [0.15, 0.2) is 11.5 Å². The summed E-state index contributed by atoms with van der Waals surface area (Å²) in [5.41, 5.74) is 0.148. The molecule has 9 nitrogen and oxygen atoms in total. The smallest absolute Gasteiger partial charge is 0.257 e. The van der Waals surface area contributed by atoms with Crippen molar-refractivity contribution in [2.24, 2.45) is 0 Å². The molecule has 1 atom stereocenters. The summed E-state index contributed by atoms with van der Waals surface area (Å²) in [6, 6.07) is 2.48. The molecule has 28 heavy (non-hydrogen) atoms. The Kier molecular flexibility index (Phi) is 5.84. The van der Waals surface area contributed by atoms with Gasteiger partial charge >= 0.3 is 0 Å². The van der Waals surface area contributed by atoms with Crippen LogP contribution in [-0.4, -0.2) is 47.5 Å². The molecular formula is C19H23N3O6. The second kappa shape index (κ2) is 8.30. The molecule has 1 aliphatic rings. The van der Waals surface area contributed by atoms with Crippen LogP contribution in [0.3, 0.4) is 0 Å². The van der Waals surface area contributed by atoms with Crippen molar-refractivity contribution < 1.29 is 24.2 Å². The molecule has 1 aliphatic heterocycles. The normalized spacial score (nSPS) is 13.4. The molecule has 1 aromatic carbocycles. The van der Waals surface area contributed by atoms with Crippen LogP contribution in [0.15, 0.2) is 23.1 Å². The molecule has 0 saturated carbocycles. The van der Waals surface area contributed by atoms with Crippen LogP contribution in [-0.2, 0) is 11.3 Å². The van der Waals surface area contributed by atoms with Crippen LogP contribution in [0.2, 0.25) is 0 Å². The average Bonchev–Trinajstić information content (AvgIpc) is 3.14. The number of hydrogen-bond acceptors (Lipinski definition) is 6. The van der Waals surface area contributed by atoms with E-state index in [9.17, 15) is 14.4 Å². The molecule has 1 unspecified atom stereocenters. The molecule has 2 aromatic rings. The number of hydrogen-bond donors (Lipinski definition) is 3. The van der Waals surface area contributed by atoms with Crippen LogP contribution in [0.1, 0.15) is 30.6 Å². The first-order valence-corrected chi connectivity index (χ1v) is 9.12. The summed E-state index contributed by atoms with van der Waals surface area (Å²) < 4.78 is 12.5. The summed E-state index contributed by atoms with van der Waals surface area (Å²) >= 11 is 0. The number of aliphatic hydroxyl groups is 1. The fraction of sp³-hybridized carbons (Fsp3) is 0.421. The standard InChI is InChI=1S/C19H23N3O6/c1-3-22-9-13(19(26)21-11(2)18(25)20-5-4-6-23)17(24)12-7-15-16(8-14(12)22)28-10-27-15/h7-9,11,23H,3-6,10H2,1-2H3,(H,20,25)(H,21,26). The van der Waals surface area contributed by atoms with E-state index < -0.39 is 17.4 Å². The Morgan fingerprint density at radius 3 is 2.68 bits per heavy atom. The van der Waals surface area contributed by atoms with Crippen LogP contribution in [0.5, 0.6) is 11.5 Å². The quantitative estimate of drug-likeness (QED) is 0.589. The lowest BCUT2D eigenvalue weighted by Gasteiger charge is -2.16. The Morgan fingerprint density at radius 1 is 1.29 bits per heavy atom. The average molecular weight is 389 g/mol. The van der Waals surface area contributed by atoms with Gasteiger partial charge in [0.1, 0.15) is 11.6 Å². The molecule has 150 valence electrons. The molecule has 0 fully saturated rings. The number of aromatic nitrogens is 1. The Bertz CT molecular complexity index is 968. The maximum absolute atomic E-state index is 12.9. The second-order valence-corrected chi connectivity index (χ2v) is 6.44. The van der Waals surface area contributed by atoms with Crippen molar-refractivity contribution in [1.29, 1.82) is 0 Å². The lowest BCUT2D eigenvalue weighted by atomic mass is 10.1. The van der Waals surface area contributed by atoms with E-state index in [1.165, 1.54) is 13.1 Å². The Balaban J connectivity index is 1.89. The van der Waals surface area contributed by atoms with Gasteiger partial charge in [0.2, 0.25) is 18.1 Å². The molecule has 2 heterocycles. The minimum absolute atomic E-state index is 0.0346. The summed E-state index contributed by atoms with van der Waals surface area (Å²) in [7, 11) is 0. The van der Waals surface area contributed by atoms with Gasteiger partial charge in [-0.1, -0.05) is 0 Å². The van der Waals surface area contributed by atoms with Gasteiger partial charge in [-0.15, -0.1) is 0 Å². The minimum atomic E-state index is -0.826. The van der Waals surface area contributed by atoms with Crippen LogP contribution >= 0.6 is 0 Å². The number of aliphatic hydroxyl groups excluding tert-OH is 1. The molecule has 0 spiro atoms. The van der Waals surface area contributed by atoms with Gasteiger partial charge in [0.25, 0.3) is 5.91 Å². The zero-order chi connectivity index (χ0) is 20.3. The van der Waals surface area contributed by atoms with E-state index in [1.807, 2.05) is 6.92 Å². The van der Waals surface area contributed by atoms with Gasteiger partial charge in [0, 0.05) is 32.0 Å². The summed E-state index contributed by atoms with van der Waals surface area (Å²) in [6.07, 6.45) is 1.91. The predicted molar refractivity (Wildman–Crippen MR) is 102 cm³/mol. The van der Waals surface area contributed by atoms with E-state index >= 15 is 0 Å². The van der Waals surface area contributed by atoms with E-state index in [4.69, 9.17) is 14.6 Å². The number of rotatable bonds is 7. The summed E-state index contributed by atoms with van der Waals surface area (Å²) in [5.74, 6) is -0.000681. The SMILES string of the molecule is CCn1cc(C(=O)NC(C)C(=O)NCCCO)c(=O)c2cc3c(cc21)OCO3. The van der Waals surface area contributed by atoms with Crippen molar-refractivity contribution in [2.75, 3.05) is 19.9 Å². The highest BCUT2D eigenvalue weighted by Gasteiger charge is 2.22. The first-order chi connectivity index (χ1) is 13.5. The third-order valence-electron chi connectivity index (χ3n) is 4.53. The van der Waals surface area contributed by atoms with Crippen LogP contribution in [0.25, 0.3) is 10.9 Å². The van der Waals surface area contributed by atoms with Crippen LogP contribution in [0.4, 0.5) is 0 Å². The van der Waals surface area contributed by atoms with Crippen LogP contribution in [0, 0.1) is 0 Å². The molecule has 9 heteroatoms. The number of aryl methyl sites for hydroxylation is 1. The molecule has 1 aromatic heterocycles. The Labute approximate surface area is 161 Å². The maximum Gasteiger partial charge on any atom is 0.257 e. The first-order valence-electron chi connectivity index (χ1n) is 9.12. The van der Waals surface area contributed by atoms with Gasteiger partial charge in [-0.3, -0.25) is 14.4 Å². The van der Waals surface area contributed by atoms with Gasteiger partial charge < -0.3 is 29.8 Å². The third-order valence-corrected chi connectivity index (χ3v) is 4.53. The lowest BCUT2D eigenvalue weighted by molar-refractivity contribution is -0.122. The fourth-order valence-electron chi connectivity index (χ4n) is 2.99. The molecule has 0 radical (unpaired) electrons. The third kappa shape index (κ3) is 3.79. The monoisotopic (exact) mass is 389 g/mol. The Hall–Kier alpha value is -3.07. The van der Waals surface area contributed by atoms with E-state index in [0.717, 1.165) is 0 Å². The number of nitrogens with one attached hydrogen (secondary N) is 2. The second-order valence-electron chi connectivity index (χ2n) is 6.44. The van der Waals surface area contributed by atoms with E-state index in [-0.39, 0.29) is 24.9 Å². The number of carbonyl (C=O) groups is 2. The maximum atomic E-state index is 12.9. The number of benzene rings is 1. The van der Waals surface area contributed by atoms with Crippen molar-refractivity contribution in [3.63, 3.8) is 0 Å². The molecule has 3 rings (SSSR count). The fourth-order valence-corrected chi connectivity index (χ4v) is 2.99.